The second kappa shape index (κ2) is 7.74. The van der Waals surface area contributed by atoms with Gasteiger partial charge in [0.25, 0.3) is 0 Å². The summed E-state index contributed by atoms with van der Waals surface area (Å²) < 4.78 is 5.67. The van der Waals surface area contributed by atoms with Crippen LogP contribution in [-0.4, -0.2) is 65.3 Å². The molecule has 1 aliphatic rings. The largest absolute Gasteiger partial charge is 0.492 e. The quantitative estimate of drug-likeness (QED) is 0.858. The Morgan fingerprint density at radius 2 is 1.88 bits per heavy atom. The van der Waals surface area contributed by atoms with Crippen LogP contribution in [0.1, 0.15) is 10.4 Å². The minimum absolute atomic E-state index is 0.240. The number of aromatic nitrogens is 2. The van der Waals surface area contributed by atoms with Crippen molar-refractivity contribution in [2.45, 2.75) is 0 Å². The van der Waals surface area contributed by atoms with Gasteiger partial charge in [-0.25, -0.2) is 14.8 Å². The summed E-state index contributed by atoms with van der Waals surface area (Å²) in [4.78, 5) is 24.0. The van der Waals surface area contributed by atoms with Crippen LogP contribution < -0.4 is 9.64 Å². The molecule has 0 atom stereocenters. The molecule has 0 unspecified atom stereocenters. The lowest BCUT2D eigenvalue weighted by Gasteiger charge is -2.34. The van der Waals surface area contributed by atoms with Crippen LogP contribution in [0.5, 0.6) is 5.75 Å². The lowest BCUT2D eigenvalue weighted by atomic mass is 10.2. The molecule has 1 aliphatic heterocycles. The van der Waals surface area contributed by atoms with Gasteiger partial charge in [-0.15, -0.1) is 0 Å². The maximum absolute atomic E-state index is 10.9. The minimum atomic E-state index is -0.945. The zero-order chi connectivity index (χ0) is 16.8. The van der Waals surface area contributed by atoms with Crippen molar-refractivity contribution in [3.05, 3.63) is 48.3 Å². The molecular weight excluding hydrogens is 308 g/mol. The number of carboxylic acids is 1. The van der Waals surface area contributed by atoms with Crippen molar-refractivity contribution in [3.63, 3.8) is 0 Å². The normalized spacial score (nSPS) is 15.2. The molecule has 0 bridgehead atoms. The average Bonchev–Trinajstić information content (AvgIpc) is 2.63. The minimum Gasteiger partial charge on any atom is -0.492 e. The number of nitrogens with zero attached hydrogens (tertiary/aromatic N) is 4. The third-order valence-corrected chi connectivity index (χ3v) is 3.96. The molecule has 3 rings (SSSR count). The molecule has 7 nitrogen and oxygen atoms in total. The Bertz CT molecular complexity index is 673. The van der Waals surface area contributed by atoms with Crippen LogP contribution in [0, 0.1) is 0 Å². The fourth-order valence-electron chi connectivity index (χ4n) is 2.64. The Hall–Kier alpha value is -2.67. The number of carbonyl (C=O) groups is 1. The third-order valence-electron chi connectivity index (χ3n) is 3.96. The molecule has 126 valence electrons. The van der Waals surface area contributed by atoms with Crippen molar-refractivity contribution < 1.29 is 14.6 Å². The summed E-state index contributed by atoms with van der Waals surface area (Å²) in [6.45, 7) is 4.97. The summed E-state index contributed by atoms with van der Waals surface area (Å²) >= 11 is 0. The van der Waals surface area contributed by atoms with Crippen molar-refractivity contribution in [2.24, 2.45) is 0 Å². The number of carboxylic acid groups (broad SMARTS) is 1. The molecule has 1 fully saturated rings. The first-order valence-electron chi connectivity index (χ1n) is 7.93. The number of anilines is 1. The number of piperazine rings is 1. The number of hydrogen-bond donors (Lipinski definition) is 1. The maximum Gasteiger partial charge on any atom is 0.335 e. The Morgan fingerprint density at radius 3 is 2.58 bits per heavy atom. The summed E-state index contributed by atoms with van der Waals surface area (Å²) in [5.74, 6) is 0.421. The zero-order valence-corrected chi connectivity index (χ0v) is 13.3. The summed E-state index contributed by atoms with van der Waals surface area (Å²) in [6.07, 6.45) is 3.52. The molecule has 1 N–H and O–H groups in total. The number of rotatable bonds is 6. The van der Waals surface area contributed by atoms with Crippen molar-refractivity contribution in [3.8, 4) is 5.75 Å². The fourth-order valence-corrected chi connectivity index (χ4v) is 2.64. The van der Waals surface area contributed by atoms with E-state index in [0.717, 1.165) is 38.7 Å². The van der Waals surface area contributed by atoms with E-state index in [1.165, 1.54) is 0 Å². The fraction of sp³-hybridized carbons (Fsp3) is 0.353. The molecule has 7 heteroatoms. The van der Waals surface area contributed by atoms with Gasteiger partial charge in [0.05, 0.1) is 5.56 Å². The molecule has 24 heavy (non-hydrogen) atoms. The van der Waals surface area contributed by atoms with E-state index in [1.807, 2.05) is 6.07 Å². The molecule has 0 saturated carbocycles. The van der Waals surface area contributed by atoms with Crippen molar-refractivity contribution in [2.75, 3.05) is 44.2 Å². The van der Waals surface area contributed by atoms with Gasteiger partial charge in [0, 0.05) is 45.1 Å². The summed E-state index contributed by atoms with van der Waals surface area (Å²) in [6, 6.07) is 8.39. The topological polar surface area (TPSA) is 78.8 Å². The van der Waals surface area contributed by atoms with Crippen molar-refractivity contribution in [1.29, 1.82) is 0 Å². The first-order valence-corrected chi connectivity index (χ1v) is 7.93. The highest BCUT2D eigenvalue weighted by atomic mass is 16.5. The molecule has 0 radical (unpaired) electrons. The molecule has 0 spiro atoms. The smallest absolute Gasteiger partial charge is 0.335 e. The van der Waals surface area contributed by atoms with E-state index >= 15 is 0 Å². The van der Waals surface area contributed by atoms with Gasteiger partial charge < -0.3 is 14.7 Å². The highest BCUT2D eigenvalue weighted by molar-refractivity contribution is 5.87. The number of aromatic carboxylic acids is 1. The molecule has 1 aromatic heterocycles. The van der Waals surface area contributed by atoms with Gasteiger partial charge in [0.15, 0.2) is 0 Å². The predicted octanol–water partition coefficient (Wildman–Crippen LogP) is 1.38. The Morgan fingerprint density at radius 1 is 1.12 bits per heavy atom. The number of ether oxygens (including phenoxy) is 1. The van der Waals surface area contributed by atoms with Gasteiger partial charge >= 0.3 is 5.97 Å². The third kappa shape index (κ3) is 4.20. The van der Waals surface area contributed by atoms with E-state index in [1.54, 1.807) is 36.7 Å². The molecule has 2 aromatic rings. The summed E-state index contributed by atoms with van der Waals surface area (Å²) in [7, 11) is 0. The van der Waals surface area contributed by atoms with Gasteiger partial charge in [-0.2, -0.15) is 0 Å². The Kier molecular flexibility index (Phi) is 5.22. The van der Waals surface area contributed by atoms with Gasteiger partial charge in [-0.3, -0.25) is 4.90 Å². The van der Waals surface area contributed by atoms with E-state index in [4.69, 9.17) is 9.84 Å². The molecular formula is C17H20N4O3. The van der Waals surface area contributed by atoms with Gasteiger partial charge in [0.2, 0.25) is 5.95 Å². The van der Waals surface area contributed by atoms with E-state index in [2.05, 4.69) is 19.8 Å². The SMILES string of the molecule is O=C(O)c1cccc(OCCN2CCN(c3ncccn3)CC2)c1. The second-order valence-electron chi connectivity index (χ2n) is 5.56. The molecule has 1 aromatic carbocycles. The van der Waals surface area contributed by atoms with Crippen LogP contribution >= 0.6 is 0 Å². The Balaban J connectivity index is 1.42. The van der Waals surface area contributed by atoms with Crippen LogP contribution in [0.25, 0.3) is 0 Å². The van der Waals surface area contributed by atoms with E-state index in [9.17, 15) is 4.79 Å². The van der Waals surface area contributed by atoms with Gasteiger partial charge in [-0.1, -0.05) is 6.07 Å². The number of benzene rings is 1. The van der Waals surface area contributed by atoms with E-state index in [-0.39, 0.29) is 5.56 Å². The lowest BCUT2D eigenvalue weighted by Crippen LogP contribution is -2.48. The van der Waals surface area contributed by atoms with Crippen LogP contribution in [0.3, 0.4) is 0 Å². The number of hydrogen-bond acceptors (Lipinski definition) is 6. The van der Waals surface area contributed by atoms with Gasteiger partial charge in [-0.05, 0) is 24.3 Å². The highest BCUT2D eigenvalue weighted by Gasteiger charge is 2.18. The molecule has 2 heterocycles. The average molecular weight is 328 g/mol. The second-order valence-corrected chi connectivity index (χ2v) is 5.56. The van der Waals surface area contributed by atoms with Gasteiger partial charge in [0.1, 0.15) is 12.4 Å². The van der Waals surface area contributed by atoms with Crippen LogP contribution in [0.4, 0.5) is 5.95 Å². The van der Waals surface area contributed by atoms with E-state index in [0.29, 0.717) is 12.4 Å². The zero-order valence-electron chi connectivity index (χ0n) is 13.3. The summed E-state index contributed by atoms with van der Waals surface area (Å²) in [5.41, 5.74) is 0.240. The molecule has 0 aliphatic carbocycles. The van der Waals surface area contributed by atoms with Crippen LogP contribution in [0.2, 0.25) is 0 Å². The standard InChI is InChI=1S/C17H20N4O3/c22-16(23)14-3-1-4-15(13-14)24-12-11-20-7-9-21(10-8-20)17-18-5-2-6-19-17/h1-6,13H,7-12H2,(H,22,23). The van der Waals surface area contributed by atoms with Crippen LogP contribution in [-0.2, 0) is 0 Å². The Labute approximate surface area is 140 Å². The lowest BCUT2D eigenvalue weighted by molar-refractivity contribution is 0.0696. The van der Waals surface area contributed by atoms with E-state index < -0.39 is 5.97 Å². The summed E-state index contributed by atoms with van der Waals surface area (Å²) in [5, 5.41) is 8.98. The first kappa shape index (κ1) is 16.2. The van der Waals surface area contributed by atoms with Crippen molar-refractivity contribution in [1.82, 2.24) is 14.9 Å². The van der Waals surface area contributed by atoms with Crippen LogP contribution in [0.15, 0.2) is 42.7 Å². The highest BCUT2D eigenvalue weighted by Crippen LogP contribution is 2.14. The first-order chi connectivity index (χ1) is 11.7. The monoisotopic (exact) mass is 328 g/mol. The van der Waals surface area contributed by atoms with Crippen molar-refractivity contribution >= 4 is 11.9 Å². The predicted molar refractivity (Wildman–Crippen MR) is 89.6 cm³/mol. The molecule has 0 amide bonds. The maximum atomic E-state index is 10.9. The molecule has 1 saturated heterocycles.